The summed E-state index contributed by atoms with van der Waals surface area (Å²) >= 11 is 1.20. The standard InChI is InChI=1S/C11H16N2O4S/c1-4-17-7(3)10-12-5-8(18-10)9(14)13-6(2)11(15)16/h5-7H,4H2,1-3H3,(H,13,14)(H,15,16). The van der Waals surface area contributed by atoms with Crippen LogP contribution in [0.5, 0.6) is 0 Å². The number of amides is 1. The van der Waals surface area contributed by atoms with Crippen molar-refractivity contribution >= 4 is 23.2 Å². The average molecular weight is 272 g/mol. The number of carbonyl (C=O) groups is 2. The minimum absolute atomic E-state index is 0.168. The summed E-state index contributed by atoms with van der Waals surface area (Å²) in [6.07, 6.45) is 1.26. The first-order valence-electron chi connectivity index (χ1n) is 5.56. The zero-order valence-electron chi connectivity index (χ0n) is 10.5. The van der Waals surface area contributed by atoms with Crippen molar-refractivity contribution in [3.05, 3.63) is 16.1 Å². The molecule has 1 aromatic rings. The van der Waals surface area contributed by atoms with Gasteiger partial charge < -0.3 is 15.2 Å². The maximum atomic E-state index is 11.7. The number of hydrogen-bond acceptors (Lipinski definition) is 5. The molecule has 7 heteroatoms. The second-order valence-electron chi connectivity index (χ2n) is 3.69. The molecule has 0 radical (unpaired) electrons. The Morgan fingerprint density at radius 2 is 2.22 bits per heavy atom. The van der Waals surface area contributed by atoms with Gasteiger partial charge in [0.15, 0.2) is 0 Å². The molecule has 0 saturated carbocycles. The topological polar surface area (TPSA) is 88.5 Å². The molecule has 1 heterocycles. The number of carboxylic acids is 1. The number of ether oxygens (including phenoxy) is 1. The van der Waals surface area contributed by atoms with E-state index < -0.39 is 17.9 Å². The first-order valence-corrected chi connectivity index (χ1v) is 6.38. The van der Waals surface area contributed by atoms with Crippen molar-refractivity contribution in [2.45, 2.75) is 32.9 Å². The molecular weight excluding hydrogens is 256 g/mol. The fourth-order valence-corrected chi connectivity index (χ4v) is 2.05. The van der Waals surface area contributed by atoms with E-state index in [1.807, 2.05) is 13.8 Å². The monoisotopic (exact) mass is 272 g/mol. The van der Waals surface area contributed by atoms with Gasteiger partial charge in [-0.1, -0.05) is 0 Å². The van der Waals surface area contributed by atoms with Gasteiger partial charge in [-0.25, -0.2) is 4.98 Å². The van der Waals surface area contributed by atoms with E-state index in [4.69, 9.17) is 9.84 Å². The average Bonchev–Trinajstić information content (AvgIpc) is 2.78. The maximum Gasteiger partial charge on any atom is 0.325 e. The molecule has 0 aromatic carbocycles. The molecule has 0 fully saturated rings. The van der Waals surface area contributed by atoms with Gasteiger partial charge in [0.05, 0.1) is 6.20 Å². The van der Waals surface area contributed by atoms with Gasteiger partial charge in [-0.05, 0) is 20.8 Å². The molecule has 0 saturated heterocycles. The summed E-state index contributed by atoms with van der Waals surface area (Å²) in [5.74, 6) is -1.51. The van der Waals surface area contributed by atoms with Crippen LogP contribution in [0.4, 0.5) is 0 Å². The molecule has 100 valence electrons. The Morgan fingerprint density at radius 1 is 1.56 bits per heavy atom. The van der Waals surface area contributed by atoms with Crippen LogP contribution in [0.2, 0.25) is 0 Å². The summed E-state index contributed by atoms with van der Waals surface area (Å²) in [5.41, 5.74) is 0. The lowest BCUT2D eigenvalue weighted by molar-refractivity contribution is -0.138. The van der Waals surface area contributed by atoms with Gasteiger partial charge in [-0.3, -0.25) is 9.59 Å². The third-order valence-electron chi connectivity index (χ3n) is 2.23. The summed E-state index contributed by atoms with van der Waals surface area (Å²) in [7, 11) is 0. The van der Waals surface area contributed by atoms with Crippen LogP contribution in [0.25, 0.3) is 0 Å². The van der Waals surface area contributed by atoms with Gasteiger partial charge in [0.2, 0.25) is 0 Å². The molecule has 6 nitrogen and oxygen atoms in total. The molecule has 1 rings (SSSR count). The number of aromatic nitrogens is 1. The number of thiazole rings is 1. The zero-order valence-corrected chi connectivity index (χ0v) is 11.3. The van der Waals surface area contributed by atoms with Gasteiger partial charge in [0.25, 0.3) is 5.91 Å². The Morgan fingerprint density at radius 3 is 2.78 bits per heavy atom. The van der Waals surface area contributed by atoms with Gasteiger partial charge >= 0.3 is 5.97 Å². The van der Waals surface area contributed by atoms with Crippen LogP contribution in [0, 0.1) is 0 Å². The molecular formula is C11H16N2O4S. The largest absolute Gasteiger partial charge is 0.480 e. The van der Waals surface area contributed by atoms with Crippen LogP contribution >= 0.6 is 11.3 Å². The number of aliphatic carboxylic acids is 1. The molecule has 18 heavy (non-hydrogen) atoms. The summed E-state index contributed by atoms with van der Waals surface area (Å²) in [5, 5.41) is 11.8. The van der Waals surface area contributed by atoms with Crippen LogP contribution in [0.3, 0.4) is 0 Å². The highest BCUT2D eigenvalue weighted by Crippen LogP contribution is 2.22. The third-order valence-corrected chi connectivity index (χ3v) is 3.39. The lowest BCUT2D eigenvalue weighted by Crippen LogP contribution is -2.37. The van der Waals surface area contributed by atoms with Crippen molar-refractivity contribution in [2.75, 3.05) is 6.61 Å². The smallest absolute Gasteiger partial charge is 0.325 e. The maximum absolute atomic E-state index is 11.7. The summed E-state index contributed by atoms with van der Waals surface area (Å²) in [4.78, 5) is 26.8. The predicted octanol–water partition coefficient (Wildman–Crippen LogP) is 1.44. The van der Waals surface area contributed by atoms with Crippen molar-refractivity contribution in [1.82, 2.24) is 10.3 Å². The van der Waals surface area contributed by atoms with E-state index in [1.54, 1.807) is 0 Å². The van der Waals surface area contributed by atoms with Crippen molar-refractivity contribution in [3.8, 4) is 0 Å². The Hall–Kier alpha value is -1.47. The van der Waals surface area contributed by atoms with E-state index in [2.05, 4.69) is 10.3 Å². The van der Waals surface area contributed by atoms with Gasteiger partial charge in [0, 0.05) is 6.61 Å². The molecule has 1 aromatic heterocycles. The third kappa shape index (κ3) is 3.78. The summed E-state index contributed by atoms with van der Waals surface area (Å²) < 4.78 is 5.36. The first kappa shape index (κ1) is 14.6. The van der Waals surface area contributed by atoms with Crippen molar-refractivity contribution in [2.24, 2.45) is 0 Å². The fourth-order valence-electron chi connectivity index (χ4n) is 1.23. The minimum Gasteiger partial charge on any atom is -0.480 e. The molecule has 2 atom stereocenters. The molecule has 0 aliphatic carbocycles. The molecule has 0 aliphatic heterocycles. The number of carbonyl (C=O) groups excluding carboxylic acids is 1. The van der Waals surface area contributed by atoms with Crippen LogP contribution in [-0.2, 0) is 9.53 Å². The molecule has 1 amide bonds. The Kier molecular flexibility index (Phi) is 5.24. The molecule has 2 unspecified atom stereocenters. The molecule has 0 spiro atoms. The van der Waals surface area contributed by atoms with Crippen LogP contribution in [0.1, 0.15) is 41.6 Å². The van der Waals surface area contributed by atoms with E-state index in [0.717, 1.165) is 0 Å². The highest BCUT2D eigenvalue weighted by Gasteiger charge is 2.18. The van der Waals surface area contributed by atoms with Gasteiger partial charge in [-0.15, -0.1) is 11.3 Å². The highest BCUT2D eigenvalue weighted by atomic mass is 32.1. The van der Waals surface area contributed by atoms with Crippen molar-refractivity contribution in [3.63, 3.8) is 0 Å². The van der Waals surface area contributed by atoms with Gasteiger partial charge in [0.1, 0.15) is 22.0 Å². The predicted molar refractivity (Wildman–Crippen MR) is 66.7 cm³/mol. The lowest BCUT2D eigenvalue weighted by Gasteiger charge is -2.08. The summed E-state index contributed by atoms with van der Waals surface area (Å²) in [6.45, 7) is 5.71. The Labute approximate surface area is 109 Å². The number of nitrogens with one attached hydrogen (secondary N) is 1. The second-order valence-corrected chi connectivity index (χ2v) is 4.76. The van der Waals surface area contributed by atoms with Crippen LogP contribution in [-0.4, -0.2) is 34.6 Å². The minimum atomic E-state index is -1.07. The molecule has 0 bridgehead atoms. The van der Waals surface area contributed by atoms with E-state index in [-0.39, 0.29) is 6.10 Å². The summed E-state index contributed by atoms with van der Waals surface area (Å²) in [6, 6.07) is -0.924. The first-order chi connectivity index (χ1) is 8.45. The van der Waals surface area contributed by atoms with E-state index in [0.29, 0.717) is 16.5 Å². The number of nitrogens with zero attached hydrogens (tertiary/aromatic N) is 1. The highest BCUT2D eigenvalue weighted by molar-refractivity contribution is 7.13. The van der Waals surface area contributed by atoms with E-state index in [1.165, 1.54) is 24.5 Å². The normalized spacial score (nSPS) is 13.9. The molecule has 0 aliphatic rings. The van der Waals surface area contributed by atoms with E-state index in [9.17, 15) is 9.59 Å². The SMILES string of the molecule is CCOC(C)c1ncc(C(=O)NC(C)C(=O)O)s1. The second kappa shape index (κ2) is 6.46. The van der Waals surface area contributed by atoms with Crippen LogP contribution in [0.15, 0.2) is 6.20 Å². The number of rotatable bonds is 6. The Balaban J connectivity index is 2.67. The van der Waals surface area contributed by atoms with Crippen molar-refractivity contribution < 1.29 is 19.4 Å². The fraction of sp³-hybridized carbons (Fsp3) is 0.545. The van der Waals surface area contributed by atoms with E-state index >= 15 is 0 Å². The quantitative estimate of drug-likeness (QED) is 0.818. The van der Waals surface area contributed by atoms with Crippen LogP contribution < -0.4 is 5.32 Å². The lowest BCUT2D eigenvalue weighted by atomic mass is 10.3. The number of carboxylic acid groups (broad SMARTS) is 1. The van der Waals surface area contributed by atoms with Crippen molar-refractivity contribution in [1.29, 1.82) is 0 Å². The molecule has 2 N–H and O–H groups in total. The zero-order chi connectivity index (χ0) is 13.7. The Bertz CT molecular complexity index is 432. The number of hydrogen-bond donors (Lipinski definition) is 2. The van der Waals surface area contributed by atoms with Gasteiger partial charge in [-0.2, -0.15) is 0 Å².